The Bertz CT molecular complexity index is 657. The first kappa shape index (κ1) is 14.2. The summed E-state index contributed by atoms with van der Waals surface area (Å²) in [6.07, 6.45) is 0.722. The minimum Gasteiger partial charge on any atom is -0.488 e. The van der Waals surface area contributed by atoms with Gasteiger partial charge in [0, 0.05) is 22.2 Å². The van der Waals surface area contributed by atoms with Gasteiger partial charge < -0.3 is 4.74 Å². The lowest BCUT2D eigenvalue weighted by Crippen LogP contribution is -1.99. The maximum atomic E-state index is 10.9. The van der Waals surface area contributed by atoms with E-state index in [9.17, 15) is 14.9 Å². The molecule has 0 fully saturated rings. The summed E-state index contributed by atoms with van der Waals surface area (Å²) in [6.45, 7) is 0.212. The van der Waals surface area contributed by atoms with Gasteiger partial charge in [0.15, 0.2) is 6.29 Å². The number of para-hydroxylation sites is 1. The van der Waals surface area contributed by atoms with Gasteiger partial charge >= 0.3 is 0 Å². The zero-order valence-electron chi connectivity index (χ0n) is 10.3. The Kier molecular flexibility index (Phi) is 4.47. The summed E-state index contributed by atoms with van der Waals surface area (Å²) in [6, 6.07) is 11.3. The van der Waals surface area contributed by atoms with Gasteiger partial charge in [-0.2, -0.15) is 0 Å². The molecule has 0 N–H and O–H groups in total. The first-order valence-electron chi connectivity index (χ1n) is 5.71. The maximum Gasteiger partial charge on any atom is 0.270 e. The number of nitrogens with zero attached hydrogens (tertiary/aromatic N) is 1. The highest BCUT2D eigenvalue weighted by atomic mass is 79.9. The first-order chi connectivity index (χ1) is 9.61. The van der Waals surface area contributed by atoms with Gasteiger partial charge in [0.05, 0.1) is 10.5 Å². The fraction of sp³-hybridized carbons (Fsp3) is 0.0714. The third-order valence-corrected chi connectivity index (χ3v) is 3.41. The van der Waals surface area contributed by atoms with E-state index in [4.69, 9.17) is 4.74 Å². The average Bonchev–Trinajstić information content (AvgIpc) is 2.46. The van der Waals surface area contributed by atoms with Crippen molar-refractivity contribution >= 4 is 27.9 Å². The van der Waals surface area contributed by atoms with Crippen LogP contribution in [-0.2, 0) is 6.61 Å². The van der Waals surface area contributed by atoms with Crippen molar-refractivity contribution in [2.24, 2.45) is 0 Å². The second-order valence-corrected chi connectivity index (χ2v) is 4.83. The number of non-ortho nitro benzene ring substituents is 1. The van der Waals surface area contributed by atoms with Gasteiger partial charge in [0.25, 0.3) is 5.69 Å². The predicted molar refractivity (Wildman–Crippen MR) is 77.0 cm³/mol. The summed E-state index contributed by atoms with van der Waals surface area (Å²) in [5.41, 5.74) is 1.23. The van der Waals surface area contributed by atoms with Gasteiger partial charge in [-0.15, -0.1) is 0 Å². The molecule has 0 unspecified atom stereocenters. The largest absolute Gasteiger partial charge is 0.488 e. The number of carbonyl (C=O) groups excluding carboxylic acids is 1. The monoisotopic (exact) mass is 335 g/mol. The van der Waals surface area contributed by atoms with E-state index in [0.29, 0.717) is 15.8 Å². The van der Waals surface area contributed by atoms with Crippen molar-refractivity contribution in [2.75, 3.05) is 0 Å². The van der Waals surface area contributed by atoms with Crippen molar-refractivity contribution in [3.8, 4) is 5.75 Å². The van der Waals surface area contributed by atoms with Crippen LogP contribution in [-0.4, -0.2) is 11.2 Å². The molecule has 2 aromatic carbocycles. The smallest absolute Gasteiger partial charge is 0.270 e. The van der Waals surface area contributed by atoms with Crippen LogP contribution in [0.25, 0.3) is 0 Å². The van der Waals surface area contributed by atoms with Crippen molar-refractivity contribution in [3.05, 3.63) is 68.2 Å². The summed E-state index contributed by atoms with van der Waals surface area (Å²) in [7, 11) is 0. The zero-order valence-corrected chi connectivity index (χ0v) is 11.9. The predicted octanol–water partition coefficient (Wildman–Crippen LogP) is 3.75. The summed E-state index contributed by atoms with van der Waals surface area (Å²) < 4.78 is 6.16. The van der Waals surface area contributed by atoms with Crippen LogP contribution in [0, 0.1) is 10.1 Å². The molecule has 6 heteroatoms. The highest BCUT2D eigenvalue weighted by molar-refractivity contribution is 9.10. The molecular weight excluding hydrogens is 326 g/mol. The third-order valence-electron chi connectivity index (χ3n) is 2.68. The fourth-order valence-electron chi connectivity index (χ4n) is 1.63. The van der Waals surface area contributed by atoms with Gasteiger partial charge in [0.1, 0.15) is 12.4 Å². The number of hydrogen-bond acceptors (Lipinski definition) is 4. The summed E-state index contributed by atoms with van der Waals surface area (Å²) in [5.74, 6) is 0.479. The second-order valence-electron chi connectivity index (χ2n) is 3.98. The minimum atomic E-state index is -0.461. The number of aldehydes is 1. The molecule has 0 atom stereocenters. The van der Waals surface area contributed by atoms with Crippen LogP contribution in [0.15, 0.2) is 46.9 Å². The van der Waals surface area contributed by atoms with E-state index < -0.39 is 4.92 Å². The number of nitro benzene ring substituents is 1. The van der Waals surface area contributed by atoms with Gasteiger partial charge in [-0.05, 0) is 18.2 Å². The molecule has 102 valence electrons. The van der Waals surface area contributed by atoms with Crippen LogP contribution in [0.2, 0.25) is 0 Å². The molecule has 2 rings (SSSR count). The molecule has 5 nitrogen and oxygen atoms in total. The Morgan fingerprint density at radius 1 is 1.25 bits per heavy atom. The van der Waals surface area contributed by atoms with Crippen LogP contribution in [0.3, 0.4) is 0 Å². The normalized spacial score (nSPS) is 10.1. The third kappa shape index (κ3) is 3.21. The highest BCUT2D eigenvalue weighted by Gasteiger charge is 2.10. The van der Waals surface area contributed by atoms with Crippen LogP contribution in [0.5, 0.6) is 5.75 Å². The minimum absolute atomic E-state index is 0.00826. The van der Waals surface area contributed by atoms with Gasteiger partial charge in [-0.3, -0.25) is 14.9 Å². The van der Waals surface area contributed by atoms with Gasteiger partial charge in [-0.25, -0.2) is 0 Å². The van der Waals surface area contributed by atoms with Crippen LogP contribution in [0.4, 0.5) is 5.69 Å². The van der Waals surface area contributed by atoms with E-state index in [1.54, 1.807) is 30.3 Å². The fourth-order valence-corrected chi connectivity index (χ4v) is 2.11. The van der Waals surface area contributed by atoms with Crippen LogP contribution < -0.4 is 4.74 Å². The standard InChI is InChI=1S/C14H10BrNO4/c15-13-7-12(16(18)19)6-5-11(13)9-20-14-4-2-1-3-10(14)8-17/h1-8H,9H2. The topological polar surface area (TPSA) is 69.4 Å². The summed E-state index contributed by atoms with van der Waals surface area (Å²) >= 11 is 3.27. The van der Waals surface area contributed by atoms with Gasteiger partial charge in [0.2, 0.25) is 0 Å². The number of rotatable bonds is 5. The molecule has 0 saturated heterocycles. The molecule has 0 radical (unpaired) electrons. The van der Waals surface area contributed by atoms with E-state index in [0.717, 1.165) is 11.8 Å². The lowest BCUT2D eigenvalue weighted by molar-refractivity contribution is -0.384. The summed E-state index contributed by atoms with van der Waals surface area (Å²) in [4.78, 5) is 21.0. The molecule has 0 aliphatic carbocycles. The zero-order chi connectivity index (χ0) is 14.5. The Labute approximate surface area is 123 Å². The quantitative estimate of drug-likeness (QED) is 0.474. The average molecular weight is 336 g/mol. The number of benzene rings is 2. The molecular formula is C14H10BrNO4. The molecule has 0 spiro atoms. The lowest BCUT2D eigenvalue weighted by atomic mass is 10.2. The SMILES string of the molecule is O=Cc1ccccc1OCc1ccc([N+](=O)[O-])cc1Br. The Morgan fingerprint density at radius 2 is 2.00 bits per heavy atom. The molecule has 0 amide bonds. The molecule has 0 heterocycles. The van der Waals surface area contributed by atoms with E-state index in [-0.39, 0.29) is 12.3 Å². The first-order valence-corrected chi connectivity index (χ1v) is 6.51. The van der Waals surface area contributed by atoms with Crippen molar-refractivity contribution in [1.29, 1.82) is 0 Å². The van der Waals surface area contributed by atoms with E-state index in [1.807, 2.05) is 0 Å². The molecule has 0 saturated carbocycles. The maximum absolute atomic E-state index is 10.9. The van der Waals surface area contributed by atoms with E-state index in [2.05, 4.69) is 15.9 Å². The summed E-state index contributed by atoms with van der Waals surface area (Å²) in [5, 5.41) is 10.6. The molecule has 0 bridgehead atoms. The molecule has 20 heavy (non-hydrogen) atoms. The number of halogens is 1. The number of ether oxygens (including phenoxy) is 1. The van der Waals surface area contributed by atoms with Crippen LogP contribution >= 0.6 is 15.9 Å². The molecule has 0 aromatic heterocycles. The number of carbonyl (C=O) groups is 1. The lowest BCUT2D eigenvalue weighted by Gasteiger charge is -2.09. The number of nitro groups is 1. The number of hydrogen-bond donors (Lipinski definition) is 0. The van der Waals surface area contributed by atoms with Crippen molar-refractivity contribution in [2.45, 2.75) is 6.61 Å². The molecule has 2 aromatic rings. The Hall–Kier alpha value is -2.21. The second kappa shape index (κ2) is 6.29. The molecule has 0 aliphatic heterocycles. The Balaban J connectivity index is 2.15. The Morgan fingerprint density at radius 3 is 2.65 bits per heavy atom. The van der Waals surface area contributed by atoms with E-state index in [1.165, 1.54) is 12.1 Å². The van der Waals surface area contributed by atoms with Crippen molar-refractivity contribution in [3.63, 3.8) is 0 Å². The van der Waals surface area contributed by atoms with Crippen molar-refractivity contribution in [1.82, 2.24) is 0 Å². The van der Waals surface area contributed by atoms with E-state index >= 15 is 0 Å². The van der Waals surface area contributed by atoms with Crippen molar-refractivity contribution < 1.29 is 14.5 Å². The van der Waals surface area contributed by atoms with Crippen LogP contribution in [0.1, 0.15) is 15.9 Å². The van der Waals surface area contributed by atoms with Gasteiger partial charge in [-0.1, -0.05) is 28.1 Å². The molecule has 0 aliphatic rings. The highest BCUT2D eigenvalue weighted by Crippen LogP contribution is 2.25.